The average Bonchev–Trinajstić information content (AvgIpc) is 1.99. The van der Waals surface area contributed by atoms with Crippen LogP contribution in [-0.2, 0) is 9.47 Å². The highest BCUT2D eigenvalue weighted by Gasteiger charge is 2.34. The molecule has 0 unspecified atom stereocenters. The van der Waals surface area contributed by atoms with Gasteiger partial charge < -0.3 is 19.7 Å². The fourth-order valence-electron chi connectivity index (χ4n) is 1.33. The van der Waals surface area contributed by atoms with E-state index in [2.05, 4.69) is 0 Å². The van der Waals surface area contributed by atoms with Crippen molar-refractivity contribution in [1.82, 2.24) is 0 Å². The smallest absolute Gasteiger partial charge is 0.184 e. The van der Waals surface area contributed by atoms with Gasteiger partial charge in [-0.1, -0.05) is 0 Å². The van der Waals surface area contributed by atoms with Crippen LogP contribution in [0.5, 0.6) is 0 Å². The summed E-state index contributed by atoms with van der Waals surface area (Å²) in [7, 11) is 0. The Labute approximate surface area is 78.5 Å². The molecular formula is C9H18O4. The van der Waals surface area contributed by atoms with E-state index >= 15 is 0 Å². The summed E-state index contributed by atoms with van der Waals surface area (Å²) in [5, 5.41) is 18.9. The van der Waals surface area contributed by atoms with E-state index in [-0.39, 0.29) is 12.2 Å². The van der Waals surface area contributed by atoms with Crippen molar-refractivity contribution >= 4 is 0 Å². The van der Waals surface area contributed by atoms with Crippen molar-refractivity contribution < 1.29 is 19.7 Å². The molecule has 0 radical (unpaired) electrons. The molecule has 0 aromatic heterocycles. The van der Waals surface area contributed by atoms with Gasteiger partial charge in [-0.15, -0.1) is 0 Å². The fourth-order valence-corrected chi connectivity index (χ4v) is 1.33. The molecule has 1 rings (SSSR count). The topological polar surface area (TPSA) is 58.9 Å². The Kier molecular flexibility index (Phi) is 3.67. The van der Waals surface area contributed by atoms with Crippen LogP contribution in [0, 0.1) is 0 Å². The lowest BCUT2D eigenvalue weighted by molar-refractivity contribution is -0.271. The molecule has 0 spiro atoms. The molecule has 0 saturated carbocycles. The van der Waals surface area contributed by atoms with Crippen LogP contribution < -0.4 is 0 Å². The molecule has 0 amide bonds. The Morgan fingerprint density at radius 3 is 2.46 bits per heavy atom. The highest BCUT2D eigenvalue weighted by Crippen LogP contribution is 2.21. The standard InChI is InChI=1S/C9H18O4/c1-5(2)12-9-8(11)4-7(10)6(3)13-9/h5-11H,4H2,1-3H3/t6-,7+,8+,9+/m0/s1. The molecule has 4 atom stereocenters. The first-order chi connectivity index (χ1) is 6.00. The van der Waals surface area contributed by atoms with Gasteiger partial charge in [0.1, 0.15) is 6.10 Å². The third-order valence-electron chi connectivity index (χ3n) is 2.09. The minimum absolute atomic E-state index is 0.0158. The average molecular weight is 190 g/mol. The summed E-state index contributed by atoms with van der Waals surface area (Å²) >= 11 is 0. The molecule has 1 fully saturated rings. The van der Waals surface area contributed by atoms with Gasteiger partial charge in [-0.2, -0.15) is 0 Å². The highest BCUT2D eigenvalue weighted by molar-refractivity contribution is 4.78. The molecule has 0 aromatic rings. The van der Waals surface area contributed by atoms with Crippen LogP contribution in [-0.4, -0.2) is 40.9 Å². The third kappa shape index (κ3) is 2.91. The van der Waals surface area contributed by atoms with Gasteiger partial charge in [-0.25, -0.2) is 0 Å². The van der Waals surface area contributed by atoms with Crippen LogP contribution >= 0.6 is 0 Å². The molecule has 78 valence electrons. The monoisotopic (exact) mass is 190 g/mol. The van der Waals surface area contributed by atoms with Crippen LogP contribution in [0.1, 0.15) is 27.2 Å². The minimum atomic E-state index is -0.728. The largest absolute Gasteiger partial charge is 0.390 e. The molecule has 1 saturated heterocycles. The normalized spacial score (nSPS) is 41.1. The summed E-state index contributed by atoms with van der Waals surface area (Å²) in [6.07, 6.45) is -1.86. The maximum atomic E-state index is 9.50. The molecule has 0 aliphatic carbocycles. The molecular weight excluding hydrogens is 172 g/mol. The summed E-state index contributed by atoms with van der Waals surface area (Å²) < 4.78 is 10.6. The summed E-state index contributed by atoms with van der Waals surface area (Å²) in [6, 6.07) is 0. The SMILES string of the molecule is CC(C)O[C@@H]1O[C@@H](C)[C@H](O)C[C@H]1O. The van der Waals surface area contributed by atoms with E-state index in [4.69, 9.17) is 9.47 Å². The highest BCUT2D eigenvalue weighted by atomic mass is 16.7. The van der Waals surface area contributed by atoms with Gasteiger partial charge in [-0.3, -0.25) is 0 Å². The van der Waals surface area contributed by atoms with Gasteiger partial charge in [-0.05, 0) is 20.8 Å². The lowest BCUT2D eigenvalue weighted by atomic mass is 10.0. The van der Waals surface area contributed by atoms with Crippen LogP contribution in [0.15, 0.2) is 0 Å². The lowest BCUT2D eigenvalue weighted by Crippen LogP contribution is -2.47. The number of aliphatic hydroxyl groups excluding tert-OH is 2. The van der Waals surface area contributed by atoms with Crippen molar-refractivity contribution in [3.63, 3.8) is 0 Å². The number of hydrogen-bond donors (Lipinski definition) is 2. The molecule has 2 N–H and O–H groups in total. The van der Waals surface area contributed by atoms with Crippen LogP contribution in [0.2, 0.25) is 0 Å². The Morgan fingerprint density at radius 2 is 1.92 bits per heavy atom. The number of aliphatic hydroxyl groups is 2. The van der Waals surface area contributed by atoms with E-state index in [1.165, 1.54) is 0 Å². The van der Waals surface area contributed by atoms with E-state index in [9.17, 15) is 10.2 Å². The molecule has 13 heavy (non-hydrogen) atoms. The van der Waals surface area contributed by atoms with Crippen molar-refractivity contribution in [2.75, 3.05) is 0 Å². The Balaban J connectivity index is 2.46. The zero-order valence-corrected chi connectivity index (χ0v) is 8.30. The minimum Gasteiger partial charge on any atom is -0.390 e. The second-order valence-electron chi connectivity index (χ2n) is 3.76. The molecule has 0 aromatic carbocycles. The number of rotatable bonds is 2. The van der Waals surface area contributed by atoms with Gasteiger partial charge in [0.25, 0.3) is 0 Å². The fraction of sp³-hybridized carbons (Fsp3) is 1.00. The summed E-state index contributed by atoms with van der Waals surface area (Å²) in [4.78, 5) is 0. The van der Waals surface area contributed by atoms with Crippen molar-refractivity contribution in [3.8, 4) is 0 Å². The van der Waals surface area contributed by atoms with Gasteiger partial charge in [0.15, 0.2) is 6.29 Å². The van der Waals surface area contributed by atoms with Gasteiger partial charge in [0.05, 0.1) is 18.3 Å². The van der Waals surface area contributed by atoms with Crippen molar-refractivity contribution in [1.29, 1.82) is 0 Å². The molecule has 4 nitrogen and oxygen atoms in total. The molecule has 1 aliphatic rings. The van der Waals surface area contributed by atoms with Gasteiger partial charge in [0.2, 0.25) is 0 Å². The molecule has 0 bridgehead atoms. The maximum Gasteiger partial charge on any atom is 0.184 e. The van der Waals surface area contributed by atoms with E-state index in [0.717, 1.165) is 0 Å². The molecule has 1 aliphatic heterocycles. The third-order valence-corrected chi connectivity index (χ3v) is 2.09. The first-order valence-corrected chi connectivity index (χ1v) is 4.67. The molecule has 1 heterocycles. The van der Waals surface area contributed by atoms with Crippen LogP contribution in [0.3, 0.4) is 0 Å². The second-order valence-corrected chi connectivity index (χ2v) is 3.76. The first kappa shape index (κ1) is 10.9. The Hall–Kier alpha value is -0.160. The molecule has 4 heteroatoms. The second kappa shape index (κ2) is 4.37. The summed E-state index contributed by atoms with van der Waals surface area (Å²) in [5.74, 6) is 0. The predicted octanol–water partition coefficient (Wildman–Crippen LogP) is 0.268. The summed E-state index contributed by atoms with van der Waals surface area (Å²) in [6.45, 7) is 5.53. The van der Waals surface area contributed by atoms with E-state index in [1.54, 1.807) is 6.92 Å². The van der Waals surface area contributed by atoms with Crippen molar-refractivity contribution in [2.24, 2.45) is 0 Å². The predicted molar refractivity (Wildman–Crippen MR) is 47.2 cm³/mol. The van der Waals surface area contributed by atoms with Gasteiger partial charge in [0, 0.05) is 6.42 Å². The Morgan fingerprint density at radius 1 is 1.31 bits per heavy atom. The van der Waals surface area contributed by atoms with Crippen molar-refractivity contribution in [3.05, 3.63) is 0 Å². The van der Waals surface area contributed by atoms with Crippen LogP contribution in [0.25, 0.3) is 0 Å². The van der Waals surface area contributed by atoms with Gasteiger partial charge >= 0.3 is 0 Å². The van der Waals surface area contributed by atoms with E-state index < -0.39 is 18.5 Å². The lowest BCUT2D eigenvalue weighted by Gasteiger charge is -2.36. The van der Waals surface area contributed by atoms with E-state index in [0.29, 0.717) is 6.42 Å². The zero-order chi connectivity index (χ0) is 10.0. The first-order valence-electron chi connectivity index (χ1n) is 4.67. The van der Waals surface area contributed by atoms with E-state index in [1.807, 2.05) is 13.8 Å². The summed E-state index contributed by atoms with van der Waals surface area (Å²) in [5.41, 5.74) is 0. The quantitative estimate of drug-likeness (QED) is 0.656. The van der Waals surface area contributed by atoms with Crippen LogP contribution in [0.4, 0.5) is 0 Å². The Bertz CT molecular complexity index is 160. The van der Waals surface area contributed by atoms with Crippen molar-refractivity contribution in [2.45, 2.75) is 57.9 Å². The number of ether oxygens (including phenoxy) is 2. The number of hydrogen-bond acceptors (Lipinski definition) is 4. The zero-order valence-electron chi connectivity index (χ0n) is 8.30. The maximum absolute atomic E-state index is 9.50.